The lowest BCUT2D eigenvalue weighted by Gasteiger charge is -2.38. The van der Waals surface area contributed by atoms with Crippen molar-refractivity contribution in [2.45, 2.75) is 64.1 Å². The second-order valence-electron chi connectivity index (χ2n) is 5.44. The molecule has 0 atom stereocenters. The number of rotatable bonds is 4. The minimum absolute atomic E-state index is 0.405. The van der Waals surface area contributed by atoms with E-state index in [4.69, 9.17) is 5.73 Å². The Kier molecular flexibility index (Phi) is 4.56. The van der Waals surface area contributed by atoms with Gasteiger partial charge in [-0.05, 0) is 46.1 Å². The van der Waals surface area contributed by atoms with Gasteiger partial charge in [0.05, 0.1) is 5.60 Å². The number of nitrogens with two attached hydrogens (primary N) is 1. The molecule has 0 aromatic carbocycles. The fourth-order valence-electron chi connectivity index (χ4n) is 2.46. The third-order valence-corrected chi connectivity index (χ3v) is 3.25. The van der Waals surface area contributed by atoms with Gasteiger partial charge in [-0.2, -0.15) is 0 Å². The first-order valence-corrected chi connectivity index (χ1v) is 6.14. The molecule has 1 aliphatic carbocycles. The molecular formula is C12H26N2O. The lowest BCUT2D eigenvalue weighted by molar-refractivity contribution is 0.0152. The van der Waals surface area contributed by atoms with Crippen molar-refractivity contribution in [3.8, 4) is 0 Å². The highest BCUT2D eigenvalue weighted by atomic mass is 16.3. The van der Waals surface area contributed by atoms with Gasteiger partial charge in [-0.15, -0.1) is 0 Å². The van der Waals surface area contributed by atoms with Crippen LogP contribution in [0.1, 0.15) is 46.5 Å². The summed E-state index contributed by atoms with van der Waals surface area (Å²) in [4.78, 5) is 2.39. The average molecular weight is 214 g/mol. The number of aliphatic hydroxyl groups is 1. The van der Waals surface area contributed by atoms with Crippen molar-refractivity contribution < 1.29 is 5.11 Å². The fourth-order valence-corrected chi connectivity index (χ4v) is 2.46. The van der Waals surface area contributed by atoms with E-state index in [1.54, 1.807) is 0 Å². The highest BCUT2D eigenvalue weighted by Crippen LogP contribution is 2.23. The van der Waals surface area contributed by atoms with Crippen molar-refractivity contribution in [1.29, 1.82) is 0 Å². The maximum atomic E-state index is 9.84. The first-order valence-electron chi connectivity index (χ1n) is 6.14. The lowest BCUT2D eigenvalue weighted by Crippen LogP contribution is -2.46. The Hall–Kier alpha value is -0.120. The third-order valence-electron chi connectivity index (χ3n) is 3.25. The average Bonchev–Trinajstić information content (AvgIpc) is 2.14. The summed E-state index contributed by atoms with van der Waals surface area (Å²) in [5.74, 6) is 0. The second kappa shape index (κ2) is 5.28. The van der Waals surface area contributed by atoms with Crippen LogP contribution in [-0.2, 0) is 0 Å². The SMILES string of the molecule is CCN(CC(C)(C)O)C1CCC(N)CC1. The number of hydrogen-bond donors (Lipinski definition) is 2. The molecule has 0 aliphatic heterocycles. The van der Waals surface area contributed by atoms with Crippen LogP contribution in [-0.4, -0.2) is 40.8 Å². The topological polar surface area (TPSA) is 49.5 Å². The monoisotopic (exact) mass is 214 g/mol. The molecule has 0 unspecified atom stereocenters. The molecule has 0 bridgehead atoms. The van der Waals surface area contributed by atoms with Crippen molar-refractivity contribution >= 4 is 0 Å². The van der Waals surface area contributed by atoms with Gasteiger partial charge >= 0.3 is 0 Å². The van der Waals surface area contributed by atoms with Crippen LogP contribution >= 0.6 is 0 Å². The Bertz CT molecular complexity index is 181. The van der Waals surface area contributed by atoms with E-state index in [2.05, 4.69) is 11.8 Å². The molecule has 1 fully saturated rings. The lowest BCUT2D eigenvalue weighted by atomic mass is 9.90. The molecule has 3 nitrogen and oxygen atoms in total. The Morgan fingerprint density at radius 2 is 1.80 bits per heavy atom. The molecule has 0 radical (unpaired) electrons. The van der Waals surface area contributed by atoms with E-state index in [0.29, 0.717) is 12.1 Å². The predicted octanol–water partition coefficient (Wildman–Crippen LogP) is 1.35. The molecule has 0 heterocycles. The molecule has 0 amide bonds. The Labute approximate surface area is 93.6 Å². The Morgan fingerprint density at radius 1 is 1.27 bits per heavy atom. The molecule has 1 aliphatic rings. The van der Waals surface area contributed by atoms with Crippen LogP contribution in [0.4, 0.5) is 0 Å². The van der Waals surface area contributed by atoms with Crippen LogP contribution in [0, 0.1) is 0 Å². The van der Waals surface area contributed by atoms with E-state index < -0.39 is 5.60 Å². The molecule has 15 heavy (non-hydrogen) atoms. The second-order valence-corrected chi connectivity index (χ2v) is 5.44. The van der Waals surface area contributed by atoms with Crippen LogP contribution in [0.5, 0.6) is 0 Å². The summed E-state index contributed by atoms with van der Waals surface area (Å²) < 4.78 is 0. The van der Waals surface area contributed by atoms with Gasteiger partial charge in [0.15, 0.2) is 0 Å². The molecule has 1 saturated carbocycles. The van der Waals surface area contributed by atoms with Crippen LogP contribution in [0.15, 0.2) is 0 Å². The van der Waals surface area contributed by atoms with Crippen LogP contribution < -0.4 is 5.73 Å². The van der Waals surface area contributed by atoms with Crippen molar-refractivity contribution in [1.82, 2.24) is 4.90 Å². The van der Waals surface area contributed by atoms with Gasteiger partial charge < -0.3 is 10.8 Å². The van der Waals surface area contributed by atoms with E-state index in [1.165, 1.54) is 12.8 Å². The number of hydrogen-bond acceptors (Lipinski definition) is 3. The van der Waals surface area contributed by atoms with E-state index in [-0.39, 0.29) is 0 Å². The molecule has 3 heteroatoms. The van der Waals surface area contributed by atoms with E-state index >= 15 is 0 Å². The standard InChI is InChI=1S/C12H26N2O/c1-4-14(9-12(2,3)15)11-7-5-10(13)6-8-11/h10-11,15H,4-9,13H2,1-3H3. The molecule has 3 N–H and O–H groups in total. The fraction of sp³-hybridized carbons (Fsp3) is 1.00. The van der Waals surface area contributed by atoms with Gasteiger partial charge in [-0.1, -0.05) is 6.92 Å². The van der Waals surface area contributed by atoms with E-state index in [9.17, 15) is 5.11 Å². The zero-order valence-electron chi connectivity index (χ0n) is 10.4. The quantitative estimate of drug-likeness (QED) is 0.742. The van der Waals surface area contributed by atoms with Gasteiger partial charge in [0.1, 0.15) is 0 Å². The van der Waals surface area contributed by atoms with Crippen molar-refractivity contribution in [3.63, 3.8) is 0 Å². The van der Waals surface area contributed by atoms with Gasteiger partial charge in [-0.3, -0.25) is 4.90 Å². The Balaban J connectivity index is 2.44. The van der Waals surface area contributed by atoms with Crippen molar-refractivity contribution in [2.75, 3.05) is 13.1 Å². The van der Waals surface area contributed by atoms with Gasteiger partial charge in [0.25, 0.3) is 0 Å². The van der Waals surface area contributed by atoms with Crippen LogP contribution in [0.25, 0.3) is 0 Å². The molecular weight excluding hydrogens is 188 g/mol. The normalized spacial score (nSPS) is 28.4. The molecule has 0 saturated heterocycles. The first kappa shape index (κ1) is 12.9. The molecule has 90 valence electrons. The summed E-state index contributed by atoms with van der Waals surface area (Å²) in [6.45, 7) is 7.71. The van der Waals surface area contributed by atoms with Crippen LogP contribution in [0.3, 0.4) is 0 Å². The summed E-state index contributed by atoms with van der Waals surface area (Å²) in [5, 5.41) is 9.84. The van der Waals surface area contributed by atoms with E-state index in [0.717, 1.165) is 25.9 Å². The molecule has 0 aromatic rings. The molecule has 0 aromatic heterocycles. The highest BCUT2D eigenvalue weighted by Gasteiger charge is 2.26. The smallest absolute Gasteiger partial charge is 0.0718 e. The van der Waals surface area contributed by atoms with Crippen molar-refractivity contribution in [2.24, 2.45) is 5.73 Å². The minimum atomic E-state index is -0.588. The van der Waals surface area contributed by atoms with Crippen molar-refractivity contribution in [3.05, 3.63) is 0 Å². The molecule has 0 spiro atoms. The van der Waals surface area contributed by atoms with E-state index in [1.807, 2.05) is 13.8 Å². The summed E-state index contributed by atoms with van der Waals surface area (Å²) in [7, 11) is 0. The maximum Gasteiger partial charge on any atom is 0.0718 e. The van der Waals surface area contributed by atoms with Gasteiger partial charge in [0, 0.05) is 18.6 Å². The van der Waals surface area contributed by atoms with Gasteiger partial charge in [-0.25, -0.2) is 0 Å². The number of likely N-dealkylation sites (N-methyl/N-ethyl adjacent to an activating group) is 1. The minimum Gasteiger partial charge on any atom is -0.389 e. The number of nitrogens with zero attached hydrogens (tertiary/aromatic N) is 1. The van der Waals surface area contributed by atoms with Gasteiger partial charge in [0.2, 0.25) is 0 Å². The largest absolute Gasteiger partial charge is 0.389 e. The zero-order valence-corrected chi connectivity index (χ0v) is 10.4. The predicted molar refractivity (Wildman–Crippen MR) is 63.8 cm³/mol. The third kappa shape index (κ3) is 4.49. The maximum absolute atomic E-state index is 9.84. The zero-order chi connectivity index (χ0) is 11.5. The summed E-state index contributed by atoms with van der Waals surface area (Å²) >= 11 is 0. The summed E-state index contributed by atoms with van der Waals surface area (Å²) in [6.07, 6.45) is 4.64. The Morgan fingerprint density at radius 3 is 2.20 bits per heavy atom. The summed E-state index contributed by atoms with van der Waals surface area (Å²) in [5.41, 5.74) is 5.31. The molecule has 1 rings (SSSR count). The highest BCUT2D eigenvalue weighted by molar-refractivity contribution is 4.83. The summed E-state index contributed by atoms with van der Waals surface area (Å²) in [6, 6.07) is 1.03. The first-order chi connectivity index (χ1) is 6.92. The van der Waals surface area contributed by atoms with Crippen LogP contribution in [0.2, 0.25) is 0 Å².